The fraction of sp³-hybridized carbons (Fsp3) is 0.294. The molecule has 0 fully saturated rings. The van der Waals surface area contributed by atoms with Crippen molar-refractivity contribution in [1.29, 1.82) is 0 Å². The zero-order chi connectivity index (χ0) is 28.5. The van der Waals surface area contributed by atoms with Crippen molar-refractivity contribution in [3.8, 4) is 23.7 Å². The topological polar surface area (TPSA) is 61.8 Å². The van der Waals surface area contributed by atoms with E-state index < -0.39 is 5.41 Å². The van der Waals surface area contributed by atoms with Gasteiger partial charge in [0.25, 0.3) is 0 Å². The summed E-state index contributed by atoms with van der Waals surface area (Å²) in [6.07, 6.45) is 8.53. The zero-order valence-corrected chi connectivity index (χ0v) is 24.5. The molecule has 1 atom stereocenters. The first-order valence-corrected chi connectivity index (χ1v) is 15.2. The second-order valence-corrected chi connectivity index (χ2v) is 11.7. The van der Waals surface area contributed by atoms with Gasteiger partial charge >= 0.3 is 0 Å². The van der Waals surface area contributed by atoms with Crippen LogP contribution in [0.25, 0.3) is 5.57 Å². The quantitative estimate of drug-likeness (QED) is 0.153. The summed E-state index contributed by atoms with van der Waals surface area (Å²) in [4.78, 5) is 24.0. The van der Waals surface area contributed by atoms with Gasteiger partial charge in [0.05, 0.1) is 41.6 Å². The largest absolute Gasteiger partial charge is 0.382 e. The first kappa shape index (κ1) is 29.0. The lowest BCUT2D eigenvalue weighted by Crippen LogP contribution is -2.22. The van der Waals surface area contributed by atoms with E-state index in [1.54, 1.807) is 7.11 Å². The van der Waals surface area contributed by atoms with Crippen LogP contribution in [0.4, 0.5) is 0 Å². The second-order valence-electron chi connectivity index (χ2n) is 9.83. The fourth-order valence-corrected chi connectivity index (χ4v) is 6.35. The van der Waals surface area contributed by atoms with Crippen LogP contribution in [0.1, 0.15) is 60.0 Å². The van der Waals surface area contributed by atoms with Gasteiger partial charge in [-0.3, -0.25) is 9.59 Å². The van der Waals surface area contributed by atoms with E-state index in [0.29, 0.717) is 42.8 Å². The van der Waals surface area contributed by atoms with Crippen LogP contribution in [0.3, 0.4) is 0 Å². The lowest BCUT2D eigenvalue weighted by Gasteiger charge is -2.29. The third-order valence-corrected chi connectivity index (χ3v) is 8.85. The number of thiophene rings is 2. The Morgan fingerprint density at radius 2 is 1.59 bits per heavy atom. The smallest absolute Gasteiger partial charge is 0.161 e. The van der Waals surface area contributed by atoms with Crippen molar-refractivity contribution >= 4 is 40.8 Å². The zero-order valence-electron chi connectivity index (χ0n) is 22.9. The summed E-state index contributed by atoms with van der Waals surface area (Å²) in [5.41, 5.74) is 7.17. The molecule has 0 saturated carbocycles. The molecule has 5 nitrogen and oxygen atoms in total. The predicted octanol–water partition coefficient (Wildman–Crippen LogP) is 6.21. The SMILES string of the molecule is COCCOCCOCCC1(C#Cc2ccsc2C=O)C=CC2=C(Cc3cc(C#Cc4ccsc4C=O)ccc32)C1. The van der Waals surface area contributed by atoms with E-state index in [-0.39, 0.29) is 0 Å². The van der Waals surface area contributed by atoms with Crippen molar-refractivity contribution in [2.75, 3.05) is 40.1 Å². The lowest BCUT2D eigenvalue weighted by molar-refractivity contribution is 0.0211. The van der Waals surface area contributed by atoms with Crippen LogP contribution in [0, 0.1) is 29.1 Å². The Labute approximate surface area is 248 Å². The monoisotopic (exact) mass is 582 g/mol. The molecule has 2 aromatic heterocycles. The van der Waals surface area contributed by atoms with Gasteiger partial charge in [0.2, 0.25) is 0 Å². The first-order chi connectivity index (χ1) is 20.1. The highest BCUT2D eigenvalue weighted by molar-refractivity contribution is 7.12. The molecule has 1 aromatic carbocycles. The Hall–Kier alpha value is -3.56. The predicted molar refractivity (Wildman–Crippen MR) is 164 cm³/mol. The van der Waals surface area contributed by atoms with Crippen LogP contribution in [-0.4, -0.2) is 52.7 Å². The standard InChI is InChI=1S/C34H30O5S2/c1-37-14-15-39-17-16-38-13-12-34(10-6-27-9-19-41-33(27)24-36)11-7-31-29(22-34)21-28-20-25(3-5-30(28)31)2-4-26-8-18-40-32(26)23-35/h3,5,7-9,11,18-20,23-24H,12-17,21-22H2,1H3. The number of methoxy groups -OCH3 is 1. The lowest BCUT2D eigenvalue weighted by atomic mass is 9.74. The van der Waals surface area contributed by atoms with Gasteiger partial charge in [-0.05, 0) is 71.0 Å². The van der Waals surface area contributed by atoms with Gasteiger partial charge in [-0.1, -0.05) is 47.5 Å². The molecule has 0 radical (unpaired) electrons. The number of carbonyl (C=O) groups excluding carboxylic acids is 2. The normalized spacial score (nSPS) is 16.8. The van der Waals surface area contributed by atoms with Crippen LogP contribution in [0.2, 0.25) is 0 Å². The van der Waals surface area contributed by atoms with E-state index in [0.717, 1.165) is 48.5 Å². The van der Waals surface area contributed by atoms with Crippen molar-refractivity contribution in [3.05, 3.63) is 96.4 Å². The van der Waals surface area contributed by atoms with Crippen LogP contribution in [0.5, 0.6) is 0 Å². The molecule has 0 N–H and O–H groups in total. The maximum absolute atomic E-state index is 11.5. The number of carbonyl (C=O) groups is 2. The maximum Gasteiger partial charge on any atom is 0.161 e. The number of fused-ring (bicyclic) bond motifs is 2. The van der Waals surface area contributed by atoms with Crippen LogP contribution in [0.15, 0.2) is 58.8 Å². The highest BCUT2D eigenvalue weighted by atomic mass is 32.1. The van der Waals surface area contributed by atoms with Crippen LogP contribution >= 0.6 is 22.7 Å². The Morgan fingerprint density at radius 1 is 0.878 bits per heavy atom. The molecule has 2 aliphatic rings. The Kier molecular flexibility index (Phi) is 9.80. The van der Waals surface area contributed by atoms with Crippen molar-refractivity contribution < 1.29 is 23.8 Å². The van der Waals surface area contributed by atoms with Crippen molar-refractivity contribution in [1.82, 2.24) is 0 Å². The minimum atomic E-state index is -0.396. The van der Waals surface area contributed by atoms with Gasteiger partial charge in [0.15, 0.2) is 12.6 Å². The number of ether oxygens (including phenoxy) is 3. The summed E-state index contributed by atoms with van der Waals surface area (Å²) in [5, 5.41) is 3.78. The Balaban J connectivity index is 1.31. The minimum Gasteiger partial charge on any atom is -0.382 e. The Bertz CT molecular complexity index is 1600. The molecular formula is C34H30O5S2. The van der Waals surface area contributed by atoms with E-state index in [2.05, 4.69) is 48.0 Å². The van der Waals surface area contributed by atoms with E-state index in [1.165, 1.54) is 44.9 Å². The third kappa shape index (κ3) is 7.02. The molecule has 0 amide bonds. The molecule has 41 heavy (non-hydrogen) atoms. The van der Waals surface area contributed by atoms with Crippen molar-refractivity contribution in [2.45, 2.75) is 19.3 Å². The highest BCUT2D eigenvalue weighted by Crippen LogP contribution is 2.46. The van der Waals surface area contributed by atoms with Crippen LogP contribution < -0.4 is 0 Å². The van der Waals surface area contributed by atoms with E-state index in [4.69, 9.17) is 14.2 Å². The first-order valence-electron chi connectivity index (χ1n) is 13.4. The van der Waals surface area contributed by atoms with E-state index in [9.17, 15) is 9.59 Å². The summed E-state index contributed by atoms with van der Waals surface area (Å²) in [6.45, 7) is 2.71. The molecule has 2 heterocycles. The number of aldehydes is 2. The third-order valence-electron chi connectivity index (χ3n) is 7.17. The average Bonchev–Trinajstić information content (AvgIpc) is 3.73. The summed E-state index contributed by atoms with van der Waals surface area (Å²) in [5.74, 6) is 13.2. The number of rotatable bonds is 11. The van der Waals surface area contributed by atoms with Gasteiger partial charge in [0.1, 0.15) is 0 Å². The van der Waals surface area contributed by atoms with Gasteiger partial charge in [-0.2, -0.15) is 0 Å². The van der Waals surface area contributed by atoms with Crippen LogP contribution in [-0.2, 0) is 20.6 Å². The highest BCUT2D eigenvalue weighted by Gasteiger charge is 2.34. The molecule has 1 unspecified atom stereocenters. The molecule has 7 heteroatoms. The number of allylic oxidation sites excluding steroid dienone is 4. The average molecular weight is 583 g/mol. The number of hydrogen-bond donors (Lipinski definition) is 0. The summed E-state index contributed by atoms with van der Waals surface area (Å²) in [7, 11) is 1.65. The molecule has 5 rings (SSSR count). The van der Waals surface area contributed by atoms with E-state index >= 15 is 0 Å². The summed E-state index contributed by atoms with van der Waals surface area (Å²) in [6, 6.07) is 10.1. The second kappa shape index (κ2) is 13.9. The summed E-state index contributed by atoms with van der Waals surface area (Å²) < 4.78 is 16.4. The molecule has 2 aliphatic carbocycles. The number of hydrogen-bond acceptors (Lipinski definition) is 7. The molecule has 208 valence electrons. The van der Waals surface area contributed by atoms with Crippen molar-refractivity contribution in [3.63, 3.8) is 0 Å². The van der Waals surface area contributed by atoms with Gasteiger partial charge < -0.3 is 14.2 Å². The molecule has 0 aliphatic heterocycles. The van der Waals surface area contributed by atoms with Crippen molar-refractivity contribution in [2.24, 2.45) is 5.41 Å². The minimum absolute atomic E-state index is 0.396. The molecule has 0 spiro atoms. The molecule has 0 bridgehead atoms. The number of benzene rings is 1. The van der Waals surface area contributed by atoms with Gasteiger partial charge in [-0.15, -0.1) is 22.7 Å². The fourth-order valence-electron chi connectivity index (χ4n) is 5.04. The summed E-state index contributed by atoms with van der Waals surface area (Å²) >= 11 is 2.81. The molecule has 3 aromatic rings. The Morgan fingerprint density at radius 3 is 2.32 bits per heavy atom. The van der Waals surface area contributed by atoms with E-state index in [1.807, 2.05) is 29.0 Å². The maximum atomic E-state index is 11.5. The molecular weight excluding hydrogens is 553 g/mol. The van der Waals surface area contributed by atoms with Gasteiger partial charge in [-0.25, -0.2) is 0 Å². The molecule has 0 saturated heterocycles. The van der Waals surface area contributed by atoms with Gasteiger partial charge in [0, 0.05) is 30.4 Å².